The molecule has 1 aliphatic rings. The number of carbonyl (C=O) groups is 2. The van der Waals surface area contributed by atoms with Crippen molar-refractivity contribution in [3.63, 3.8) is 0 Å². The summed E-state index contributed by atoms with van der Waals surface area (Å²) in [6.45, 7) is 0.390. The van der Waals surface area contributed by atoms with Gasteiger partial charge < -0.3 is 10.6 Å². The third-order valence-electron chi connectivity index (χ3n) is 4.40. The van der Waals surface area contributed by atoms with Crippen LogP contribution in [0.3, 0.4) is 0 Å². The molecule has 0 saturated heterocycles. The minimum absolute atomic E-state index is 0.141. The topological polar surface area (TPSA) is 84.0 Å². The Morgan fingerprint density at radius 2 is 1.76 bits per heavy atom. The normalized spacial score (nSPS) is 14.7. The average molecular weight is 338 g/mol. The SMILES string of the molecule is O=C(NC1CCCCC1)c1ccnc(C(=O)NCc2ccncc2)c1. The molecule has 0 aliphatic heterocycles. The Morgan fingerprint density at radius 1 is 1.00 bits per heavy atom. The van der Waals surface area contributed by atoms with Gasteiger partial charge in [-0.2, -0.15) is 0 Å². The largest absolute Gasteiger partial charge is 0.349 e. The quantitative estimate of drug-likeness (QED) is 0.877. The van der Waals surface area contributed by atoms with E-state index in [-0.39, 0.29) is 23.6 Å². The van der Waals surface area contributed by atoms with Crippen LogP contribution in [0.1, 0.15) is 58.5 Å². The van der Waals surface area contributed by atoms with Crippen molar-refractivity contribution in [2.24, 2.45) is 0 Å². The first-order chi connectivity index (χ1) is 12.2. The van der Waals surface area contributed by atoms with Crippen molar-refractivity contribution in [1.29, 1.82) is 0 Å². The Bertz CT molecular complexity index is 727. The fourth-order valence-corrected chi connectivity index (χ4v) is 2.99. The van der Waals surface area contributed by atoms with Crippen LogP contribution in [-0.4, -0.2) is 27.8 Å². The van der Waals surface area contributed by atoms with Crippen LogP contribution >= 0.6 is 0 Å². The van der Waals surface area contributed by atoms with Crippen LogP contribution in [0, 0.1) is 0 Å². The van der Waals surface area contributed by atoms with E-state index in [1.54, 1.807) is 24.5 Å². The minimum atomic E-state index is -0.302. The summed E-state index contributed by atoms with van der Waals surface area (Å²) in [5, 5.41) is 5.86. The van der Waals surface area contributed by atoms with Crippen molar-refractivity contribution >= 4 is 11.8 Å². The van der Waals surface area contributed by atoms with E-state index in [0.717, 1.165) is 31.2 Å². The van der Waals surface area contributed by atoms with Crippen LogP contribution in [0.15, 0.2) is 42.9 Å². The number of rotatable bonds is 5. The first kappa shape index (κ1) is 17.1. The van der Waals surface area contributed by atoms with Gasteiger partial charge in [-0.1, -0.05) is 19.3 Å². The molecule has 0 aromatic carbocycles. The first-order valence-corrected chi connectivity index (χ1v) is 8.66. The van der Waals surface area contributed by atoms with Crippen LogP contribution in [0.5, 0.6) is 0 Å². The highest BCUT2D eigenvalue weighted by atomic mass is 16.2. The lowest BCUT2D eigenvalue weighted by Gasteiger charge is -2.22. The van der Waals surface area contributed by atoms with Crippen LogP contribution in [-0.2, 0) is 6.54 Å². The van der Waals surface area contributed by atoms with Gasteiger partial charge in [0.05, 0.1) is 0 Å². The van der Waals surface area contributed by atoms with Crippen LogP contribution in [0.2, 0.25) is 0 Å². The Hall–Kier alpha value is -2.76. The number of hydrogen-bond donors (Lipinski definition) is 2. The van der Waals surface area contributed by atoms with Gasteiger partial charge in [0.1, 0.15) is 5.69 Å². The van der Waals surface area contributed by atoms with Crippen molar-refractivity contribution in [3.05, 3.63) is 59.7 Å². The first-order valence-electron chi connectivity index (χ1n) is 8.66. The molecular formula is C19H22N4O2. The van der Waals surface area contributed by atoms with Crippen LogP contribution < -0.4 is 10.6 Å². The number of pyridine rings is 2. The van der Waals surface area contributed by atoms with E-state index in [1.807, 2.05) is 12.1 Å². The molecule has 0 radical (unpaired) electrons. The van der Waals surface area contributed by atoms with Crippen LogP contribution in [0.25, 0.3) is 0 Å². The second-order valence-electron chi connectivity index (χ2n) is 6.28. The molecule has 1 aliphatic carbocycles. The fourth-order valence-electron chi connectivity index (χ4n) is 2.99. The molecule has 6 heteroatoms. The van der Waals surface area contributed by atoms with Gasteiger partial charge in [0, 0.05) is 36.7 Å². The van der Waals surface area contributed by atoms with Gasteiger partial charge in [-0.15, -0.1) is 0 Å². The predicted molar refractivity (Wildman–Crippen MR) is 94.0 cm³/mol. The Balaban J connectivity index is 1.60. The van der Waals surface area contributed by atoms with Crippen LogP contribution in [0.4, 0.5) is 0 Å². The highest BCUT2D eigenvalue weighted by Gasteiger charge is 2.17. The third-order valence-corrected chi connectivity index (χ3v) is 4.40. The Morgan fingerprint density at radius 3 is 2.52 bits per heavy atom. The summed E-state index contributed by atoms with van der Waals surface area (Å²) in [4.78, 5) is 32.7. The third kappa shape index (κ3) is 4.86. The summed E-state index contributed by atoms with van der Waals surface area (Å²) in [5.41, 5.74) is 1.66. The lowest BCUT2D eigenvalue weighted by Crippen LogP contribution is -2.36. The highest BCUT2D eigenvalue weighted by molar-refractivity contribution is 5.98. The number of carbonyl (C=O) groups excluding carboxylic acids is 2. The summed E-state index contributed by atoms with van der Waals surface area (Å²) in [7, 11) is 0. The molecule has 2 aromatic heterocycles. The molecule has 25 heavy (non-hydrogen) atoms. The summed E-state index contributed by atoms with van der Waals surface area (Å²) >= 11 is 0. The molecule has 0 spiro atoms. The maximum Gasteiger partial charge on any atom is 0.270 e. The van der Waals surface area contributed by atoms with Gasteiger partial charge in [0.15, 0.2) is 0 Å². The summed E-state index contributed by atoms with van der Waals surface area (Å²) in [6, 6.07) is 7.08. The maximum absolute atomic E-state index is 12.4. The van der Waals surface area contributed by atoms with E-state index in [9.17, 15) is 9.59 Å². The molecule has 2 aromatic rings. The van der Waals surface area contributed by atoms with E-state index in [1.165, 1.54) is 12.6 Å². The van der Waals surface area contributed by atoms with E-state index in [0.29, 0.717) is 12.1 Å². The van der Waals surface area contributed by atoms with Crippen molar-refractivity contribution < 1.29 is 9.59 Å². The molecule has 0 bridgehead atoms. The van der Waals surface area contributed by atoms with Gasteiger partial charge >= 0.3 is 0 Å². The van der Waals surface area contributed by atoms with Gasteiger partial charge in [-0.05, 0) is 42.7 Å². The van der Waals surface area contributed by atoms with Crippen molar-refractivity contribution in [2.75, 3.05) is 0 Å². The minimum Gasteiger partial charge on any atom is -0.349 e. The van der Waals surface area contributed by atoms with Gasteiger partial charge in [-0.3, -0.25) is 19.6 Å². The molecule has 3 rings (SSSR count). The molecule has 0 unspecified atom stereocenters. The standard InChI is InChI=1S/C19H22N4O2/c24-18(23-16-4-2-1-3-5-16)15-8-11-21-17(12-15)19(25)22-13-14-6-9-20-10-7-14/h6-12,16H,1-5,13H2,(H,22,25)(H,23,24). The number of hydrogen-bond acceptors (Lipinski definition) is 4. The van der Waals surface area contributed by atoms with Crippen molar-refractivity contribution in [1.82, 2.24) is 20.6 Å². The molecule has 130 valence electrons. The van der Waals surface area contributed by atoms with E-state index in [2.05, 4.69) is 20.6 Å². The molecule has 1 fully saturated rings. The second-order valence-corrected chi connectivity index (χ2v) is 6.28. The number of nitrogens with zero attached hydrogens (tertiary/aromatic N) is 2. The van der Waals surface area contributed by atoms with E-state index in [4.69, 9.17) is 0 Å². The highest BCUT2D eigenvalue weighted by Crippen LogP contribution is 2.18. The Kier molecular flexibility index (Phi) is 5.72. The monoisotopic (exact) mass is 338 g/mol. The van der Waals surface area contributed by atoms with E-state index >= 15 is 0 Å². The fraction of sp³-hybridized carbons (Fsp3) is 0.368. The number of amides is 2. The molecule has 2 N–H and O–H groups in total. The predicted octanol–water partition coefficient (Wildman–Crippen LogP) is 2.47. The maximum atomic E-state index is 12.4. The molecule has 2 amide bonds. The van der Waals surface area contributed by atoms with Gasteiger partial charge in [-0.25, -0.2) is 0 Å². The second kappa shape index (κ2) is 8.37. The van der Waals surface area contributed by atoms with E-state index < -0.39 is 0 Å². The molecular weight excluding hydrogens is 316 g/mol. The smallest absolute Gasteiger partial charge is 0.270 e. The van der Waals surface area contributed by atoms with Crippen molar-refractivity contribution in [3.8, 4) is 0 Å². The lowest BCUT2D eigenvalue weighted by molar-refractivity contribution is 0.0927. The molecule has 0 atom stereocenters. The van der Waals surface area contributed by atoms with Gasteiger partial charge in [0.2, 0.25) is 0 Å². The molecule has 6 nitrogen and oxygen atoms in total. The summed E-state index contributed by atoms with van der Waals surface area (Å²) < 4.78 is 0. The zero-order chi connectivity index (χ0) is 17.5. The lowest BCUT2D eigenvalue weighted by atomic mass is 9.95. The number of nitrogens with one attached hydrogen (secondary N) is 2. The Labute approximate surface area is 147 Å². The molecule has 2 heterocycles. The van der Waals surface area contributed by atoms with Gasteiger partial charge in [0.25, 0.3) is 11.8 Å². The zero-order valence-corrected chi connectivity index (χ0v) is 14.1. The average Bonchev–Trinajstić information content (AvgIpc) is 2.68. The number of aromatic nitrogens is 2. The zero-order valence-electron chi connectivity index (χ0n) is 14.1. The summed E-state index contributed by atoms with van der Waals surface area (Å²) in [6.07, 6.45) is 10.5. The molecule has 1 saturated carbocycles. The summed E-state index contributed by atoms with van der Waals surface area (Å²) in [5.74, 6) is -0.443. The van der Waals surface area contributed by atoms with Crippen molar-refractivity contribution in [2.45, 2.75) is 44.7 Å².